The summed E-state index contributed by atoms with van der Waals surface area (Å²) in [4.78, 5) is 0. The monoisotopic (exact) mass is 334 g/mol. The SMILES string of the molecule is c1cc(Cc2ccccc2NC2CCCC2)cc(NC2CCCC2)c1. The van der Waals surface area contributed by atoms with Crippen LogP contribution in [0.2, 0.25) is 0 Å². The van der Waals surface area contributed by atoms with E-state index in [0.717, 1.165) is 6.42 Å². The Labute approximate surface area is 152 Å². The van der Waals surface area contributed by atoms with Crippen LogP contribution in [-0.4, -0.2) is 12.1 Å². The van der Waals surface area contributed by atoms with Crippen LogP contribution in [0.5, 0.6) is 0 Å². The molecule has 2 aromatic rings. The second kappa shape index (κ2) is 7.95. The van der Waals surface area contributed by atoms with Crippen molar-refractivity contribution < 1.29 is 0 Å². The summed E-state index contributed by atoms with van der Waals surface area (Å²) in [6.45, 7) is 0. The minimum Gasteiger partial charge on any atom is -0.382 e. The van der Waals surface area contributed by atoms with Crippen molar-refractivity contribution >= 4 is 11.4 Å². The molecular weight excluding hydrogens is 304 g/mol. The van der Waals surface area contributed by atoms with E-state index in [1.807, 2.05) is 0 Å². The highest BCUT2D eigenvalue weighted by Gasteiger charge is 2.16. The fraction of sp³-hybridized carbons (Fsp3) is 0.478. The Kier molecular flexibility index (Phi) is 5.25. The number of benzene rings is 2. The molecule has 0 bridgehead atoms. The maximum Gasteiger partial charge on any atom is 0.0378 e. The quantitative estimate of drug-likeness (QED) is 0.678. The molecule has 25 heavy (non-hydrogen) atoms. The van der Waals surface area contributed by atoms with Gasteiger partial charge in [-0.3, -0.25) is 0 Å². The Morgan fingerprint density at radius 2 is 1.40 bits per heavy atom. The van der Waals surface area contributed by atoms with Gasteiger partial charge in [-0.05, 0) is 61.4 Å². The van der Waals surface area contributed by atoms with Crippen molar-refractivity contribution in [2.24, 2.45) is 0 Å². The predicted molar refractivity (Wildman–Crippen MR) is 107 cm³/mol. The van der Waals surface area contributed by atoms with E-state index in [0.29, 0.717) is 12.1 Å². The van der Waals surface area contributed by atoms with Gasteiger partial charge in [-0.25, -0.2) is 0 Å². The molecule has 132 valence electrons. The van der Waals surface area contributed by atoms with Crippen LogP contribution in [0, 0.1) is 0 Å². The van der Waals surface area contributed by atoms with Gasteiger partial charge in [0, 0.05) is 23.5 Å². The molecular formula is C23H30N2. The molecule has 0 saturated heterocycles. The zero-order chi connectivity index (χ0) is 16.9. The highest BCUT2D eigenvalue weighted by atomic mass is 14.9. The minimum atomic E-state index is 0.663. The van der Waals surface area contributed by atoms with E-state index >= 15 is 0 Å². The molecule has 0 heterocycles. The smallest absolute Gasteiger partial charge is 0.0378 e. The molecule has 2 N–H and O–H groups in total. The summed E-state index contributed by atoms with van der Waals surface area (Å²) >= 11 is 0. The third-order valence-corrected chi connectivity index (χ3v) is 5.78. The van der Waals surface area contributed by atoms with Gasteiger partial charge in [-0.15, -0.1) is 0 Å². The van der Waals surface area contributed by atoms with E-state index in [4.69, 9.17) is 0 Å². The molecule has 0 radical (unpaired) electrons. The number of anilines is 2. The lowest BCUT2D eigenvalue weighted by Gasteiger charge is -2.18. The molecule has 0 unspecified atom stereocenters. The molecule has 0 atom stereocenters. The first-order chi connectivity index (χ1) is 12.4. The third-order valence-electron chi connectivity index (χ3n) is 5.78. The molecule has 0 aliphatic heterocycles. The van der Waals surface area contributed by atoms with Crippen LogP contribution in [0.1, 0.15) is 62.5 Å². The van der Waals surface area contributed by atoms with Gasteiger partial charge in [-0.2, -0.15) is 0 Å². The summed E-state index contributed by atoms with van der Waals surface area (Å²) in [7, 11) is 0. The summed E-state index contributed by atoms with van der Waals surface area (Å²) in [5.41, 5.74) is 5.41. The molecule has 2 heteroatoms. The number of hydrogen-bond donors (Lipinski definition) is 2. The van der Waals surface area contributed by atoms with Gasteiger partial charge in [0.05, 0.1) is 0 Å². The van der Waals surface area contributed by atoms with Crippen molar-refractivity contribution in [1.29, 1.82) is 0 Å². The molecule has 0 spiro atoms. The topological polar surface area (TPSA) is 24.1 Å². The van der Waals surface area contributed by atoms with Crippen molar-refractivity contribution in [3.05, 3.63) is 59.7 Å². The fourth-order valence-electron chi connectivity index (χ4n) is 4.40. The van der Waals surface area contributed by atoms with Crippen LogP contribution in [0.15, 0.2) is 48.5 Å². The molecule has 0 amide bonds. The normalized spacial score (nSPS) is 18.6. The Hall–Kier alpha value is -1.96. The zero-order valence-corrected chi connectivity index (χ0v) is 15.1. The van der Waals surface area contributed by atoms with Gasteiger partial charge < -0.3 is 10.6 Å². The molecule has 4 rings (SSSR count). The van der Waals surface area contributed by atoms with Crippen molar-refractivity contribution in [3.8, 4) is 0 Å². The van der Waals surface area contributed by atoms with Crippen molar-refractivity contribution in [3.63, 3.8) is 0 Å². The largest absolute Gasteiger partial charge is 0.382 e. The Morgan fingerprint density at radius 3 is 2.16 bits per heavy atom. The maximum atomic E-state index is 3.79. The molecule has 2 saturated carbocycles. The van der Waals surface area contributed by atoms with E-state index in [-0.39, 0.29) is 0 Å². The number of rotatable bonds is 6. The highest BCUT2D eigenvalue weighted by Crippen LogP contribution is 2.27. The van der Waals surface area contributed by atoms with Gasteiger partial charge >= 0.3 is 0 Å². The summed E-state index contributed by atoms with van der Waals surface area (Å²) < 4.78 is 0. The summed E-state index contributed by atoms with van der Waals surface area (Å²) in [5, 5.41) is 7.51. The average molecular weight is 335 g/mol. The van der Waals surface area contributed by atoms with Crippen molar-refractivity contribution in [1.82, 2.24) is 0 Å². The summed E-state index contributed by atoms with van der Waals surface area (Å²) in [6.07, 6.45) is 11.7. The van der Waals surface area contributed by atoms with Crippen LogP contribution in [0.25, 0.3) is 0 Å². The molecule has 2 aliphatic carbocycles. The van der Waals surface area contributed by atoms with Gasteiger partial charge in [-0.1, -0.05) is 56.0 Å². The van der Waals surface area contributed by atoms with E-state index in [9.17, 15) is 0 Å². The standard InChI is InChI=1S/C23H30N2/c1-6-15-23(25-21-12-4-5-13-21)19(9-1)16-18-8-7-14-22(17-18)24-20-10-2-3-11-20/h1,6-9,14-15,17,20-21,24-25H,2-5,10-13,16H2. The van der Waals surface area contributed by atoms with Crippen LogP contribution < -0.4 is 10.6 Å². The maximum absolute atomic E-state index is 3.79. The first kappa shape index (κ1) is 16.5. The lowest BCUT2D eigenvalue weighted by atomic mass is 10.0. The first-order valence-corrected chi connectivity index (χ1v) is 10.1. The molecule has 2 fully saturated rings. The molecule has 2 aliphatic rings. The minimum absolute atomic E-state index is 0.663. The van der Waals surface area contributed by atoms with Gasteiger partial charge in [0.15, 0.2) is 0 Å². The van der Waals surface area contributed by atoms with Gasteiger partial charge in [0.1, 0.15) is 0 Å². The summed E-state index contributed by atoms with van der Waals surface area (Å²) in [5.74, 6) is 0. The third kappa shape index (κ3) is 4.36. The van der Waals surface area contributed by atoms with Crippen LogP contribution in [0.3, 0.4) is 0 Å². The highest BCUT2D eigenvalue weighted by molar-refractivity contribution is 5.55. The van der Waals surface area contributed by atoms with E-state index < -0.39 is 0 Å². The average Bonchev–Trinajstić information content (AvgIpc) is 3.31. The van der Waals surface area contributed by atoms with Crippen molar-refractivity contribution in [2.75, 3.05) is 10.6 Å². The number of para-hydroxylation sites is 1. The Balaban J connectivity index is 1.46. The number of hydrogen-bond acceptors (Lipinski definition) is 2. The molecule has 0 aromatic heterocycles. The Morgan fingerprint density at radius 1 is 0.720 bits per heavy atom. The lowest BCUT2D eigenvalue weighted by molar-refractivity contribution is 0.753. The van der Waals surface area contributed by atoms with E-state index in [1.54, 1.807) is 0 Å². The fourth-order valence-corrected chi connectivity index (χ4v) is 4.40. The molecule has 2 aromatic carbocycles. The van der Waals surface area contributed by atoms with Crippen LogP contribution in [-0.2, 0) is 6.42 Å². The van der Waals surface area contributed by atoms with E-state index in [1.165, 1.54) is 73.9 Å². The second-order valence-electron chi connectivity index (χ2n) is 7.79. The Bertz CT molecular complexity index is 682. The van der Waals surface area contributed by atoms with Crippen molar-refractivity contribution in [2.45, 2.75) is 69.9 Å². The van der Waals surface area contributed by atoms with E-state index in [2.05, 4.69) is 59.2 Å². The number of nitrogens with one attached hydrogen (secondary N) is 2. The summed E-state index contributed by atoms with van der Waals surface area (Å²) in [6, 6.07) is 19.2. The van der Waals surface area contributed by atoms with Crippen LogP contribution >= 0.6 is 0 Å². The van der Waals surface area contributed by atoms with Gasteiger partial charge in [0.25, 0.3) is 0 Å². The zero-order valence-electron chi connectivity index (χ0n) is 15.1. The van der Waals surface area contributed by atoms with Gasteiger partial charge in [0.2, 0.25) is 0 Å². The van der Waals surface area contributed by atoms with Crippen LogP contribution in [0.4, 0.5) is 11.4 Å². The second-order valence-corrected chi connectivity index (χ2v) is 7.79. The first-order valence-electron chi connectivity index (χ1n) is 10.1. The predicted octanol–water partition coefficient (Wildman–Crippen LogP) is 5.99. The molecule has 2 nitrogen and oxygen atoms in total. The lowest BCUT2D eigenvalue weighted by Crippen LogP contribution is -2.16.